The fourth-order valence-corrected chi connectivity index (χ4v) is 5.83. The normalized spacial score (nSPS) is 19.8. The topological polar surface area (TPSA) is 135 Å². The molecule has 2 aromatic rings. The van der Waals surface area contributed by atoms with Crippen LogP contribution in [0.25, 0.3) is 0 Å². The van der Waals surface area contributed by atoms with Gasteiger partial charge in [-0.25, -0.2) is 0 Å². The molecule has 0 spiro atoms. The Hall–Kier alpha value is -3.34. The van der Waals surface area contributed by atoms with Crippen molar-refractivity contribution >= 4 is 11.9 Å². The smallest absolute Gasteiger partial charge is 0.308 e. The number of nitrogens with zero attached hydrogens (tertiary/aromatic N) is 2. The van der Waals surface area contributed by atoms with Crippen LogP contribution in [0.2, 0.25) is 0 Å². The van der Waals surface area contributed by atoms with Gasteiger partial charge in [0.25, 0.3) is 0 Å². The number of unbranched alkanes of at least 4 members (excludes halogenated alkanes) is 2. The third-order valence-electron chi connectivity index (χ3n) is 8.03. The molecule has 3 atom stereocenters. The van der Waals surface area contributed by atoms with Gasteiger partial charge in [-0.15, -0.1) is 0 Å². The molecule has 1 saturated heterocycles. The predicted octanol–water partition coefficient (Wildman–Crippen LogP) is 3.21. The Labute approximate surface area is 242 Å². The lowest BCUT2D eigenvalue weighted by atomic mass is 9.84. The van der Waals surface area contributed by atoms with Crippen LogP contribution in [0.3, 0.4) is 0 Å². The molecule has 0 unspecified atom stereocenters. The summed E-state index contributed by atoms with van der Waals surface area (Å²) in [5, 5.41) is 20.1. The number of nitrogens with two attached hydrogens (primary N) is 1. The SMILES string of the molecule is CCCCN(CCCCN)C(=O)CN1C[C@H](c2ccc3c(c2)OCO3)[C@@H](C(=O)O)[C@@H]1CCOc1ccccc1CO. The van der Waals surface area contributed by atoms with Crippen LogP contribution < -0.4 is 19.9 Å². The molecular weight excluding hydrogens is 526 g/mol. The van der Waals surface area contributed by atoms with Gasteiger partial charge >= 0.3 is 5.97 Å². The first-order valence-corrected chi connectivity index (χ1v) is 14.6. The van der Waals surface area contributed by atoms with Gasteiger partial charge in [-0.3, -0.25) is 14.5 Å². The van der Waals surface area contributed by atoms with Crippen molar-refractivity contribution < 1.29 is 34.0 Å². The van der Waals surface area contributed by atoms with Gasteiger partial charge in [0.1, 0.15) is 5.75 Å². The van der Waals surface area contributed by atoms with Crippen molar-refractivity contribution in [1.29, 1.82) is 0 Å². The van der Waals surface area contributed by atoms with E-state index < -0.39 is 17.9 Å². The quantitative estimate of drug-likeness (QED) is 0.261. The zero-order valence-corrected chi connectivity index (χ0v) is 23.9. The molecule has 2 aliphatic rings. The number of benzene rings is 2. The number of aliphatic carboxylic acids is 1. The number of amides is 1. The van der Waals surface area contributed by atoms with E-state index in [0.717, 1.165) is 31.2 Å². The lowest BCUT2D eigenvalue weighted by Gasteiger charge is -2.30. The van der Waals surface area contributed by atoms with E-state index >= 15 is 0 Å². The molecule has 0 saturated carbocycles. The maximum absolute atomic E-state index is 13.6. The Bertz CT molecular complexity index is 1160. The first-order chi connectivity index (χ1) is 20.0. The van der Waals surface area contributed by atoms with Crippen molar-refractivity contribution in [2.24, 2.45) is 11.7 Å². The molecule has 10 nitrogen and oxygen atoms in total. The van der Waals surface area contributed by atoms with Gasteiger partial charge in [0.2, 0.25) is 12.7 Å². The summed E-state index contributed by atoms with van der Waals surface area (Å²) in [6.07, 6.45) is 3.99. The molecule has 2 aromatic carbocycles. The molecule has 10 heteroatoms. The van der Waals surface area contributed by atoms with E-state index in [-0.39, 0.29) is 38.4 Å². The Morgan fingerprint density at radius 2 is 1.88 bits per heavy atom. The highest BCUT2D eigenvalue weighted by Crippen LogP contribution is 2.42. The number of aliphatic hydroxyl groups excluding tert-OH is 1. The highest BCUT2D eigenvalue weighted by atomic mass is 16.7. The van der Waals surface area contributed by atoms with Crippen molar-refractivity contribution in [3.05, 3.63) is 53.6 Å². The van der Waals surface area contributed by atoms with E-state index in [2.05, 4.69) is 6.92 Å². The molecule has 41 heavy (non-hydrogen) atoms. The number of likely N-dealkylation sites (tertiary alicyclic amines) is 1. The minimum Gasteiger partial charge on any atom is -0.493 e. The van der Waals surface area contributed by atoms with Crippen LogP contribution in [0.1, 0.15) is 56.1 Å². The van der Waals surface area contributed by atoms with Crippen molar-refractivity contribution in [3.63, 3.8) is 0 Å². The van der Waals surface area contributed by atoms with E-state index in [4.69, 9.17) is 19.9 Å². The number of carbonyl (C=O) groups excluding carboxylic acids is 1. The third kappa shape index (κ3) is 7.69. The maximum atomic E-state index is 13.6. The Balaban J connectivity index is 1.56. The number of carboxylic acids is 1. The largest absolute Gasteiger partial charge is 0.493 e. The minimum absolute atomic E-state index is 0.00231. The molecule has 4 rings (SSSR count). The number of hydrogen-bond acceptors (Lipinski definition) is 8. The second-order valence-corrected chi connectivity index (χ2v) is 10.7. The van der Waals surface area contributed by atoms with E-state index in [0.29, 0.717) is 55.4 Å². The van der Waals surface area contributed by atoms with Crippen molar-refractivity contribution in [2.45, 2.75) is 57.6 Å². The molecule has 4 N–H and O–H groups in total. The molecule has 2 heterocycles. The van der Waals surface area contributed by atoms with E-state index in [1.807, 2.05) is 40.1 Å². The maximum Gasteiger partial charge on any atom is 0.308 e. The minimum atomic E-state index is -0.908. The highest BCUT2D eigenvalue weighted by molar-refractivity contribution is 5.79. The predicted molar refractivity (Wildman–Crippen MR) is 154 cm³/mol. The monoisotopic (exact) mass is 569 g/mol. The molecule has 0 radical (unpaired) electrons. The molecule has 1 fully saturated rings. The van der Waals surface area contributed by atoms with Gasteiger partial charge in [-0.2, -0.15) is 0 Å². The van der Waals surface area contributed by atoms with E-state index in [1.54, 1.807) is 12.1 Å². The van der Waals surface area contributed by atoms with Crippen LogP contribution in [0, 0.1) is 5.92 Å². The number of aliphatic hydroxyl groups is 1. The van der Waals surface area contributed by atoms with Gasteiger partial charge in [-0.1, -0.05) is 37.6 Å². The van der Waals surface area contributed by atoms with Gasteiger partial charge < -0.3 is 35.1 Å². The van der Waals surface area contributed by atoms with Gasteiger partial charge in [0.15, 0.2) is 11.5 Å². The molecule has 1 amide bonds. The number of rotatable bonds is 16. The van der Waals surface area contributed by atoms with Crippen LogP contribution in [0.5, 0.6) is 17.2 Å². The lowest BCUT2D eigenvalue weighted by Crippen LogP contribution is -2.45. The Morgan fingerprint density at radius 1 is 1.10 bits per heavy atom. The second-order valence-electron chi connectivity index (χ2n) is 10.7. The highest BCUT2D eigenvalue weighted by Gasteiger charge is 2.47. The van der Waals surface area contributed by atoms with Crippen LogP contribution in [0.4, 0.5) is 0 Å². The number of hydrogen-bond donors (Lipinski definition) is 3. The molecule has 0 bridgehead atoms. The van der Waals surface area contributed by atoms with Gasteiger partial charge in [0.05, 0.1) is 25.7 Å². The fourth-order valence-electron chi connectivity index (χ4n) is 5.83. The average molecular weight is 570 g/mol. The second kappa shape index (κ2) is 15.0. The summed E-state index contributed by atoms with van der Waals surface area (Å²) in [6.45, 7) is 4.79. The van der Waals surface area contributed by atoms with Crippen LogP contribution >= 0.6 is 0 Å². The fraction of sp³-hybridized carbons (Fsp3) is 0.548. The number of carboxylic acid groups (broad SMARTS) is 1. The Morgan fingerprint density at radius 3 is 2.63 bits per heavy atom. The molecular formula is C31H43N3O7. The third-order valence-corrected chi connectivity index (χ3v) is 8.03. The summed E-state index contributed by atoms with van der Waals surface area (Å²) in [7, 11) is 0. The van der Waals surface area contributed by atoms with Crippen molar-refractivity contribution in [1.82, 2.24) is 9.80 Å². The summed E-state index contributed by atoms with van der Waals surface area (Å²) in [6, 6.07) is 12.4. The Kier molecular flexibility index (Phi) is 11.2. The number of ether oxygens (including phenoxy) is 3. The van der Waals surface area contributed by atoms with Gasteiger partial charge in [0, 0.05) is 37.2 Å². The molecule has 2 aliphatic heterocycles. The van der Waals surface area contributed by atoms with E-state index in [9.17, 15) is 19.8 Å². The van der Waals surface area contributed by atoms with Crippen molar-refractivity contribution in [3.8, 4) is 17.2 Å². The molecule has 0 aromatic heterocycles. The van der Waals surface area contributed by atoms with Crippen LogP contribution in [-0.4, -0.2) is 84.1 Å². The zero-order valence-electron chi connectivity index (χ0n) is 23.9. The lowest BCUT2D eigenvalue weighted by molar-refractivity contribution is -0.144. The average Bonchev–Trinajstić information content (AvgIpc) is 3.59. The number of carbonyl (C=O) groups is 2. The number of fused-ring (bicyclic) bond motifs is 1. The zero-order chi connectivity index (χ0) is 29.2. The first-order valence-electron chi connectivity index (χ1n) is 14.6. The summed E-state index contributed by atoms with van der Waals surface area (Å²) in [4.78, 5) is 30.3. The van der Waals surface area contributed by atoms with Crippen LogP contribution in [-0.2, 0) is 16.2 Å². The van der Waals surface area contributed by atoms with Gasteiger partial charge in [-0.05, 0) is 56.0 Å². The summed E-state index contributed by atoms with van der Waals surface area (Å²) in [5.74, 6) is -0.182. The standard InChI is InChI=1S/C31H43N3O7/c1-2-3-14-33(15-7-6-13-32)29(36)19-34-18-24(22-10-11-27-28(17-22)41-21-40-27)30(31(37)38)25(34)12-16-39-26-9-5-4-8-23(26)20-35/h4-5,8-11,17,24-25,30,35H,2-3,6-7,12-16,18-21,32H2,1H3,(H,37,38)/t24-,25+,30-/m1/s1. The molecule has 0 aliphatic carbocycles. The first kappa shape index (κ1) is 30.6. The van der Waals surface area contributed by atoms with E-state index in [1.165, 1.54) is 0 Å². The van der Waals surface area contributed by atoms with Crippen LogP contribution in [0.15, 0.2) is 42.5 Å². The summed E-state index contributed by atoms with van der Waals surface area (Å²) < 4.78 is 17.0. The van der Waals surface area contributed by atoms with Crippen molar-refractivity contribution in [2.75, 3.05) is 46.1 Å². The summed E-state index contributed by atoms with van der Waals surface area (Å²) >= 11 is 0. The number of para-hydroxylation sites is 1. The summed E-state index contributed by atoms with van der Waals surface area (Å²) in [5.41, 5.74) is 7.20. The molecule has 224 valence electrons.